The number of hydrogen-bond acceptors (Lipinski definition) is 3. The fourth-order valence-corrected chi connectivity index (χ4v) is 3.93. The Hall–Kier alpha value is -1.91. The van der Waals surface area contributed by atoms with E-state index >= 15 is 0 Å². The summed E-state index contributed by atoms with van der Waals surface area (Å²) in [5.74, 6) is 0.825. The summed E-state index contributed by atoms with van der Waals surface area (Å²) in [6, 6.07) is 6.26. The van der Waals surface area contributed by atoms with E-state index in [1.165, 1.54) is 25.3 Å². The van der Waals surface area contributed by atoms with Crippen molar-refractivity contribution in [2.45, 2.75) is 38.6 Å². The summed E-state index contributed by atoms with van der Waals surface area (Å²) in [5.41, 5.74) is 0.411. The van der Waals surface area contributed by atoms with Gasteiger partial charge in [0.25, 0.3) is 5.91 Å². The van der Waals surface area contributed by atoms with Gasteiger partial charge in [-0.05, 0) is 43.1 Å². The lowest BCUT2D eigenvalue weighted by atomic mass is 9.86. The van der Waals surface area contributed by atoms with Gasteiger partial charge in [0.05, 0.1) is 0 Å². The van der Waals surface area contributed by atoms with E-state index in [4.69, 9.17) is 4.74 Å². The largest absolute Gasteiger partial charge is 0.456 e. The average Bonchev–Trinajstić information content (AvgIpc) is 3.15. The molecule has 2 aliphatic carbocycles. The number of esters is 1. The van der Waals surface area contributed by atoms with Gasteiger partial charge in [0.2, 0.25) is 0 Å². The molecule has 2 aliphatic rings. The molecule has 0 unspecified atom stereocenters. The number of carbonyl (C=O) groups excluding carboxylic acids is 2. The Balaban J connectivity index is 1.35. The summed E-state index contributed by atoms with van der Waals surface area (Å²) >= 11 is 0. The maximum atomic E-state index is 13.4. The molecule has 4 nitrogen and oxygen atoms in total. The van der Waals surface area contributed by atoms with Crippen molar-refractivity contribution in [1.82, 2.24) is 5.32 Å². The second kappa shape index (κ2) is 7.11. The molecular weight excluding hydrogens is 297 g/mol. The van der Waals surface area contributed by atoms with Gasteiger partial charge in [0.15, 0.2) is 6.61 Å². The van der Waals surface area contributed by atoms with Crippen LogP contribution in [0.25, 0.3) is 0 Å². The first-order valence-corrected chi connectivity index (χ1v) is 8.27. The van der Waals surface area contributed by atoms with Crippen LogP contribution in [0.5, 0.6) is 0 Å². The van der Waals surface area contributed by atoms with Crippen LogP contribution in [0, 0.1) is 23.6 Å². The summed E-state index contributed by atoms with van der Waals surface area (Å²) in [7, 11) is 0. The third-order valence-electron chi connectivity index (χ3n) is 5.11. The van der Waals surface area contributed by atoms with Gasteiger partial charge in [-0.1, -0.05) is 24.6 Å². The first-order valence-electron chi connectivity index (χ1n) is 8.27. The minimum Gasteiger partial charge on any atom is -0.456 e. The molecule has 124 valence electrons. The summed E-state index contributed by atoms with van der Waals surface area (Å²) in [4.78, 5) is 23.5. The molecule has 2 saturated carbocycles. The van der Waals surface area contributed by atoms with E-state index in [1.807, 2.05) is 0 Å². The molecule has 23 heavy (non-hydrogen) atoms. The van der Waals surface area contributed by atoms with Gasteiger partial charge in [0, 0.05) is 18.5 Å². The molecule has 3 atom stereocenters. The number of hydrogen-bond donors (Lipinski definition) is 1. The molecule has 1 aromatic carbocycles. The minimum absolute atomic E-state index is 0.0927. The first kappa shape index (κ1) is 16.0. The monoisotopic (exact) mass is 319 g/mol. The fourth-order valence-electron chi connectivity index (χ4n) is 3.93. The average molecular weight is 319 g/mol. The highest BCUT2D eigenvalue weighted by atomic mass is 19.1. The fraction of sp³-hybridized carbons (Fsp3) is 0.556. The molecule has 2 bridgehead atoms. The summed E-state index contributed by atoms with van der Waals surface area (Å²) in [6.07, 6.45) is 5.32. The normalized spacial score (nSPS) is 25.3. The van der Waals surface area contributed by atoms with Crippen LogP contribution in [0.1, 0.15) is 37.7 Å². The Kier molecular flexibility index (Phi) is 4.94. The number of ether oxygens (including phenoxy) is 1. The summed E-state index contributed by atoms with van der Waals surface area (Å²) in [6.45, 7) is -0.205. The van der Waals surface area contributed by atoms with Crippen molar-refractivity contribution in [2.75, 3.05) is 6.61 Å². The van der Waals surface area contributed by atoms with Crippen molar-refractivity contribution in [2.24, 2.45) is 17.8 Å². The predicted octanol–water partition coefficient (Wildman–Crippen LogP) is 2.81. The van der Waals surface area contributed by atoms with Crippen LogP contribution >= 0.6 is 0 Å². The number of halogens is 1. The van der Waals surface area contributed by atoms with Gasteiger partial charge in [-0.3, -0.25) is 9.59 Å². The maximum absolute atomic E-state index is 13.4. The Morgan fingerprint density at radius 3 is 2.74 bits per heavy atom. The standard InChI is InChI=1S/C18H22FNO3/c19-16-4-2-1-3-14(16)10-20-17(21)11-23-18(22)9-15-8-12-5-6-13(15)7-12/h1-4,12-13,15H,5-11H2,(H,20,21)/t12-,13-,15-/m1/s1. The zero-order valence-corrected chi connectivity index (χ0v) is 13.1. The topological polar surface area (TPSA) is 55.4 Å². The lowest BCUT2D eigenvalue weighted by Crippen LogP contribution is -2.29. The number of benzene rings is 1. The smallest absolute Gasteiger partial charge is 0.306 e. The van der Waals surface area contributed by atoms with Crippen LogP contribution in [-0.2, 0) is 20.9 Å². The number of nitrogens with one attached hydrogen (secondary N) is 1. The molecule has 5 heteroatoms. The predicted molar refractivity (Wildman–Crippen MR) is 82.8 cm³/mol. The molecule has 0 aliphatic heterocycles. The highest BCUT2D eigenvalue weighted by Gasteiger charge is 2.40. The Labute approximate surface area is 135 Å². The van der Waals surface area contributed by atoms with Gasteiger partial charge >= 0.3 is 5.97 Å². The molecule has 0 spiro atoms. The zero-order valence-electron chi connectivity index (χ0n) is 13.1. The van der Waals surface area contributed by atoms with Gasteiger partial charge in [-0.2, -0.15) is 0 Å². The van der Waals surface area contributed by atoms with Crippen molar-refractivity contribution in [3.63, 3.8) is 0 Å². The second-order valence-electron chi connectivity index (χ2n) is 6.67. The highest BCUT2D eigenvalue weighted by Crippen LogP contribution is 2.49. The van der Waals surface area contributed by atoms with Crippen LogP contribution in [0.3, 0.4) is 0 Å². The lowest BCUT2D eigenvalue weighted by molar-refractivity contribution is -0.149. The Morgan fingerprint density at radius 1 is 1.22 bits per heavy atom. The zero-order chi connectivity index (χ0) is 16.2. The van der Waals surface area contributed by atoms with Crippen molar-refractivity contribution >= 4 is 11.9 Å². The van der Waals surface area contributed by atoms with Crippen molar-refractivity contribution in [1.29, 1.82) is 0 Å². The minimum atomic E-state index is -0.408. The molecule has 1 aromatic rings. The van der Waals surface area contributed by atoms with Crippen molar-refractivity contribution < 1.29 is 18.7 Å². The Bertz CT molecular complexity index is 589. The third kappa shape index (κ3) is 4.09. The number of rotatable bonds is 6. The lowest BCUT2D eigenvalue weighted by Gasteiger charge is -2.20. The quantitative estimate of drug-likeness (QED) is 0.820. The van der Waals surface area contributed by atoms with Crippen molar-refractivity contribution in [3.05, 3.63) is 35.6 Å². The number of amides is 1. The number of carbonyl (C=O) groups is 2. The van der Waals surface area contributed by atoms with E-state index in [2.05, 4.69) is 5.32 Å². The molecule has 0 heterocycles. The van der Waals surface area contributed by atoms with E-state index in [0.29, 0.717) is 23.8 Å². The van der Waals surface area contributed by atoms with Crippen molar-refractivity contribution in [3.8, 4) is 0 Å². The van der Waals surface area contributed by atoms with Crippen LogP contribution in [0.2, 0.25) is 0 Å². The molecule has 3 rings (SSSR count). The number of fused-ring (bicyclic) bond motifs is 2. The van der Waals surface area contributed by atoms with E-state index in [0.717, 1.165) is 12.3 Å². The summed E-state index contributed by atoms with van der Waals surface area (Å²) < 4.78 is 18.5. The van der Waals surface area contributed by atoms with Gasteiger partial charge in [0.1, 0.15) is 5.82 Å². The van der Waals surface area contributed by atoms with Crippen LogP contribution in [0.15, 0.2) is 24.3 Å². The molecular formula is C18H22FNO3. The Morgan fingerprint density at radius 2 is 2.04 bits per heavy atom. The van der Waals surface area contributed by atoms with E-state index < -0.39 is 5.91 Å². The second-order valence-corrected chi connectivity index (χ2v) is 6.67. The molecule has 1 amide bonds. The van der Waals surface area contributed by atoms with Gasteiger partial charge in [-0.25, -0.2) is 4.39 Å². The molecule has 0 saturated heterocycles. The molecule has 2 fully saturated rings. The summed E-state index contributed by atoms with van der Waals surface area (Å²) in [5, 5.41) is 2.56. The van der Waals surface area contributed by atoms with Crippen LogP contribution in [-0.4, -0.2) is 18.5 Å². The maximum Gasteiger partial charge on any atom is 0.306 e. The SMILES string of the molecule is O=C(COC(=O)C[C@H]1C[C@@H]2CC[C@@H]1C2)NCc1ccccc1F. The van der Waals surface area contributed by atoms with E-state index in [9.17, 15) is 14.0 Å². The van der Waals surface area contributed by atoms with E-state index in [1.54, 1.807) is 18.2 Å². The molecule has 0 aromatic heterocycles. The van der Waals surface area contributed by atoms with Crippen LogP contribution in [0.4, 0.5) is 4.39 Å². The first-order chi connectivity index (χ1) is 11.1. The van der Waals surface area contributed by atoms with Gasteiger partial charge < -0.3 is 10.1 Å². The third-order valence-corrected chi connectivity index (χ3v) is 5.11. The van der Waals surface area contributed by atoms with Crippen LogP contribution < -0.4 is 5.32 Å². The highest BCUT2D eigenvalue weighted by molar-refractivity contribution is 5.80. The van der Waals surface area contributed by atoms with E-state index in [-0.39, 0.29) is 24.9 Å². The molecule has 1 N–H and O–H groups in total. The van der Waals surface area contributed by atoms with Gasteiger partial charge in [-0.15, -0.1) is 0 Å². The molecule has 0 radical (unpaired) electrons.